The molecule has 0 saturated carbocycles. The molecule has 48 heavy (non-hydrogen) atoms. The molecule has 5 heteroatoms. The summed E-state index contributed by atoms with van der Waals surface area (Å²) < 4.78 is 6.59. The predicted octanol–water partition coefficient (Wildman–Crippen LogP) is 12.4. The molecule has 0 heterocycles. The van der Waals surface area contributed by atoms with Crippen LogP contribution in [0.1, 0.15) is 134 Å². The molecule has 3 rings (SSSR count). The van der Waals surface area contributed by atoms with Crippen LogP contribution < -0.4 is 0 Å². The second kappa shape index (κ2) is 20.5. The Morgan fingerprint density at radius 3 is 1.35 bits per heavy atom. The minimum atomic E-state index is -2.14. The molecule has 0 aromatic heterocycles. The third-order valence-electron chi connectivity index (χ3n) is 10.0. The standard InChI is InChI=1S/C43H63NO3Si/c1-7-8-9-10-11-12-13-14-15-16-17-18-28-35-41(45)40(36-46-48(5,6)42(2,3)4)44-47-43(37-29-22-19-23-30-37,38-31-24-20-25-32-38)39-33-26-21-27-34-39/h19-27,29-34H,7-18,28,35-36H2,1-6H3/b44-40+. The van der Waals surface area contributed by atoms with Crippen molar-refractivity contribution in [2.45, 2.75) is 141 Å². The molecule has 0 spiro atoms. The highest BCUT2D eigenvalue weighted by Gasteiger charge is 2.41. The summed E-state index contributed by atoms with van der Waals surface area (Å²) >= 11 is 0. The van der Waals surface area contributed by atoms with E-state index in [9.17, 15) is 4.79 Å². The smallest absolute Gasteiger partial charge is 0.212 e. The Labute approximate surface area is 293 Å². The van der Waals surface area contributed by atoms with Gasteiger partial charge in [0.05, 0.1) is 6.61 Å². The minimum Gasteiger partial charge on any atom is -0.411 e. The summed E-state index contributed by atoms with van der Waals surface area (Å²) in [5.41, 5.74) is 2.16. The zero-order valence-electron chi connectivity index (χ0n) is 30.9. The van der Waals surface area contributed by atoms with Crippen LogP contribution >= 0.6 is 0 Å². The summed E-state index contributed by atoms with van der Waals surface area (Å²) in [6.07, 6.45) is 17.0. The number of oxime groups is 1. The molecular weight excluding hydrogens is 607 g/mol. The first-order valence-electron chi connectivity index (χ1n) is 18.7. The number of unbranched alkanes of at least 4 members (excludes halogenated alkanes) is 12. The normalized spacial score (nSPS) is 12.7. The average Bonchev–Trinajstić information content (AvgIpc) is 3.09. The van der Waals surface area contributed by atoms with Gasteiger partial charge in [-0.2, -0.15) is 0 Å². The zero-order chi connectivity index (χ0) is 34.7. The summed E-state index contributed by atoms with van der Waals surface area (Å²) in [7, 11) is -2.14. The summed E-state index contributed by atoms with van der Waals surface area (Å²) in [6.45, 7) is 13.5. The average molecular weight is 670 g/mol. The summed E-state index contributed by atoms with van der Waals surface area (Å²) in [6, 6.07) is 30.5. The van der Waals surface area contributed by atoms with Crippen molar-refractivity contribution in [1.82, 2.24) is 0 Å². The van der Waals surface area contributed by atoms with Crippen LogP contribution in [0.15, 0.2) is 96.2 Å². The van der Waals surface area contributed by atoms with E-state index in [2.05, 4.69) is 77.2 Å². The second-order valence-corrected chi connectivity index (χ2v) is 19.7. The Morgan fingerprint density at radius 1 is 0.604 bits per heavy atom. The maximum absolute atomic E-state index is 13.9. The van der Waals surface area contributed by atoms with E-state index in [4.69, 9.17) is 14.4 Å². The molecule has 0 bridgehead atoms. The third-order valence-corrected chi connectivity index (χ3v) is 14.5. The molecule has 0 atom stereocenters. The van der Waals surface area contributed by atoms with Crippen LogP contribution in [-0.4, -0.2) is 26.4 Å². The lowest BCUT2D eigenvalue weighted by Crippen LogP contribution is -2.43. The van der Waals surface area contributed by atoms with E-state index in [1.807, 2.05) is 54.6 Å². The van der Waals surface area contributed by atoms with Crippen molar-refractivity contribution >= 4 is 19.8 Å². The molecule has 0 N–H and O–H groups in total. The Hall–Kier alpha value is -3.02. The van der Waals surface area contributed by atoms with Gasteiger partial charge in [0.25, 0.3) is 0 Å². The Bertz CT molecular complexity index is 1240. The van der Waals surface area contributed by atoms with Gasteiger partial charge in [0, 0.05) is 23.1 Å². The lowest BCUT2D eigenvalue weighted by Gasteiger charge is -2.36. The number of hydrogen-bond donors (Lipinski definition) is 0. The first-order valence-corrected chi connectivity index (χ1v) is 21.6. The van der Waals surface area contributed by atoms with Crippen molar-refractivity contribution in [1.29, 1.82) is 0 Å². The van der Waals surface area contributed by atoms with Gasteiger partial charge in [0.15, 0.2) is 14.1 Å². The quantitative estimate of drug-likeness (QED) is 0.0332. The van der Waals surface area contributed by atoms with Crippen LogP contribution in [0, 0.1) is 0 Å². The maximum Gasteiger partial charge on any atom is 0.212 e. The fourth-order valence-corrected chi connectivity index (χ4v) is 6.80. The molecule has 4 nitrogen and oxygen atoms in total. The predicted molar refractivity (Wildman–Crippen MR) is 206 cm³/mol. The lowest BCUT2D eigenvalue weighted by atomic mass is 9.80. The van der Waals surface area contributed by atoms with Crippen LogP contribution in [0.2, 0.25) is 18.1 Å². The number of benzene rings is 3. The van der Waals surface area contributed by atoms with Gasteiger partial charge in [-0.1, -0.05) is 201 Å². The highest BCUT2D eigenvalue weighted by Crippen LogP contribution is 2.41. The SMILES string of the molecule is CCCCCCCCCCCCCCCC(=O)/C(CO[Si](C)(C)C(C)(C)C)=N/OC(c1ccccc1)(c1ccccc1)c1ccccc1. The minimum absolute atomic E-state index is 0.0128. The molecule has 0 radical (unpaired) electrons. The molecule has 0 aliphatic carbocycles. The first-order chi connectivity index (χ1) is 23.1. The Morgan fingerprint density at radius 2 is 0.979 bits per heavy atom. The number of ketones is 1. The van der Waals surface area contributed by atoms with Gasteiger partial charge in [-0.15, -0.1) is 0 Å². The Balaban J connectivity index is 1.75. The zero-order valence-corrected chi connectivity index (χ0v) is 31.9. The van der Waals surface area contributed by atoms with E-state index >= 15 is 0 Å². The van der Waals surface area contributed by atoms with Gasteiger partial charge >= 0.3 is 0 Å². The molecule has 3 aromatic rings. The van der Waals surface area contributed by atoms with Crippen LogP contribution in [0.5, 0.6) is 0 Å². The Kier molecular flexibility index (Phi) is 16.8. The van der Waals surface area contributed by atoms with E-state index in [1.54, 1.807) is 0 Å². The summed E-state index contributed by atoms with van der Waals surface area (Å²) in [5.74, 6) is 0.0138. The summed E-state index contributed by atoms with van der Waals surface area (Å²) in [4.78, 5) is 20.6. The molecule has 0 aliphatic heterocycles. The van der Waals surface area contributed by atoms with Crippen molar-refractivity contribution in [2.75, 3.05) is 6.61 Å². The number of carbonyl (C=O) groups is 1. The molecule has 0 aliphatic rings. The highest BCUT2D eigenvalue weighted by atomic mass is 28.4. The van der Waals surface area contributed by atoms with Crippen molar-refractivity contribution < 1.29 is 14.1 Å². The number of carbonyl (C=O) groups excluding carboxylic acids is 1. The van der Waals surface area contributed by atoms with Crippen molar-refractivity contribution in [3.05, 3.63) is 108 Å². The number of nitrogens with zero attached hydrogens (tertiary/aromatic N) is 1. The highest BCUT2D eigenvalue weighted by molar-refractivity contribution is 6.74. The van der Waals surface area contributed by atoms with E-state index < -0.39 is 13.9 Å². The van der Waals surface area contributed by atoms with Crippen molar-refractivity contribution in [3.63, 3.8) is 0 Å². The van der Waals surface area contributed by atoms with Crippen LogP contribution in [0.3, 0.4) is 0 Å². The van der Waals surface area contributed by atoms with E-state index in [1.165, 1.54) is 70.6 Å². The molecule has 0 saturated heterocycles. The molecule has 0 amide bonds. The lowest BCUT2D eigenvalue weighted by molar-refractivity contribution is -0.113. The van der Waals surface area contributed by atoms with E-state index in [-0.39, 0.29) is 17.4 Å². The van der Waals surface area contributed by atoms with Crippen LogP contribution in [0.4, 0.5) is 0 Å². The van der Waals surface area contributed by atoms with Crippen molar-refractivity contribution in [3.8, 4) is 0 Å². The molecular formula is C43H63NO3Si. The molecule has 0 fully saturated rings. The first kappa shape index (κ1) is 39.4. The monoisotopic (exact) mass is 669 g/mol. The fourth-order valence-electron chi connectivity index (χ4n) is 5.87. The third kappa shape index (κ3) is 12.1. The number of hydrogen-bond acceptors (Lipinski definition) is 4. The maximum atomic E-state index is 13.9. The van der Waals surface area contributed by atoms with E-state index in [0.717, 1.165) is 29.5 Å². The number of rotatable bonds is 23. The van der Waals surface area contributed by atoms with Gasteiger partial charge in [-0.25, -0.2) is 0 Å². The van der Waals surface area contributed by atoms with Gasteiger partial charge < -0.3 is 9.26 Å². The van der Waals surface area contributed by atoms with Crippen molar-refractivity contribution in [2.24, 2.45) is 5.16 Å². The second-order valence-electron chi connectivity index (χ2n) is 14.9. The molecule has 0 unspecified atom stereocenters. The molecule has 3 aromatic carbocycles. The topological polar surface area (TPSA) is 47.9 Å². The fraction of sp³-hybridized carbons (Fsp3) is 0.535. The van der Waals surface area contributed by atoms with Gasteiger partial charge in [-0.05, 0) is 24.6 Å². The number of Topliss-reactive ketones (excluding diaryl/α,β-unsaturated/α-hetero) is 1. The largest absolute Gasteiger partial charge is 0.411 e. The van der Waals surface area contributed by atoms with E-state index in [0.29, 0.717) is 12.1 Å². The van der Waals surface area contributed by atoms with Crippen LogP contribution in [-0.2, 0) is 19.7 Å². The van der Waals surface area contributed by atoms with Gasteiger partial charge in [-0.3, -0.25) is 4.79 Å². The summed E-state index contributed by atoms with van der Waals surface area (Å²) in [5, 5.41) is 4.77. The van der Waals surface area contributed by atoms with Gasteiger partial charge in [0.2, 0.25) is 5.60 Å². The molecule has 262 valence electrons. The van der Waals surface area contributed by atoms with Crippen LogP contribution in [0.25, 0.3) is 0 Å². The van der Waals surface area contributed by atoms with Gasteiger partial charge in [0.1, 0.15) is 5.71 Å².